The number of halogens is 3. The molecule has 0 aromatic heterocycles. The molecule has 7 heteroatoms. The Bertz CT molecular complexity index is 535. The average Bonchev–Trinajstić information content (AvgIpc) is 2.42. The molecule has 108 valence electrons. The van der Waals surface area contributed by atoms with Crippen LogP contribution in [0, 0.1) is 11.3 Å². The number of rotatable bonds is 4. The molecule has 0 saturated heterocycles. The topological polar surface area (TPSA) is 56.1 Å². The number of nitrogens with zero attached hydrogens (tertiary/aromatic N) is 2. The van der Waals surface area contributed by atoms with Gasteiger partial charge in [0.05, 0.1) is 23.4 Å². The first kappa shape index (κ1) is 15.8. The van der Waals surface area contributed by atoms with Crippen molar-refractivity contribution in [3.05, 3.63) is 29.3 Å². The van der Waals surface area contributed by atoms with Gasteiger partial charge >= 0.3 is 6.18 Å². The van der Waals surface area contributed by atoms with Crippen LogP contribution in [0.5, 0.6) is 0 Å². The van der Waals surface area contributed by atoms with Crippen LogP contribution in [-0.2, 0) is 11.0 Å². The summed E-state index contributed by atoms with van der Waals surface area (Å²) in [5.41, 5.74) is -0.675. The molecule has 0 aliphatic carbocycles. The second kappa shape index (κ2) is 6.28. The standard InChI is InChI=1S/C13H14F3N3O/c1-3-19(8-12(20)18-2)11-5-4-10(13(14,15)16)6-9(11)7-17/h4-6H,3,8H2,1-2H3,(H,18,20). The second-order valence-electron chi connectivity index (χ2n) is 4.03. The molecule has 1 aromatic rings. The minimum absolute atomic E-state index is 0.0208. The molecule has 1 rings (SSSR count). The quantitative estimate of drug-likeness (QED) is 0.922. The van der Waals surface area contributed by atoms with E-state index < -0.39 is 11.7 Å². The average molecular weight is 285 g/mol. The third-order valence-electron chi connectivity index (χ3n) is 2.78. The molecule has 4 nitrogen and oxygen atoms in total. The van der Waals surface area contributed by atoms with Crippen molar-refractivity contribution in [3.8, 4) is 6.07 Å². The number of anilines is 1. The van der Waals surface area contributed by atoms with E-state index in [9.17, 15) is 18.0 Å². The van der Waals surface area contributed by atoms with Crippen molar-refractivity contribution in [2.45, 2.75) is 13.1 Å². The second-order valence-corrected chi connectivity index (χ2v) is 4.03. The van der Waals surface area contributed by atoms with Crippen molar-refractivity contribution in [1.29, 1.82) is 5.26 Å². The summed E-state index contributed by atoms with van der Waals surface area (Å²) in [6, 6.07) is 4.66. The minimum atomic E-state index is -4.50. The lowest BCUT2D eigenvalue weighted by Crippen LogP contribution is -2.36. The summed E-state index contributed by atoms with van der Waals surface area (Å²) in [5.74, 6) is -0.282. The maximum absolute atomic E-state index is 12.6. The van der Waals surface area contributed by atoms with Crippen LogP contribution in [0.2, 0.25) is 0 Å². The molecule has 0 radical (unpaired) electrons. The Hall–Kier alpha value is -2.23. The van der Waals surface area contributed by atoms with Gasteiger partial charge in [0.1, 0.15) is 6.07 Å². The fourth-order valence-electron chi connectivity index (χ4n) is 1.70. The van der Waals surface area contributed by atoms with Crippen LogP contribution in [0.25, 0.3) is 0 Å². The summed E-state index contributed by atoms with van der Waals surface area (Å²) in [6.45, 7) is 2.13. The Labute approximate surface area is 114 Å². The number of nitrogens with one attached hydrogen (secondary N) is 1. The molecule has 0 fully saturated rings. The van der Waals surface area contributed by atoms with Gasteiger partial charge in [0.2, 0.25) is 5.91 Å². The first-order valence-corrected chi connectivity index (χ1v) is 5.90. The first-order valence-electron chi connectivity index (χ1n) is 5.90. The van der Waals surface area contributed by atoms with Gasteiger partial charge in [-0.15, -0.1) is 0 Å². The molecule has 20 heavy (non-hydrogen) atoms. The monoisotopic (exact) mass is 285 g/mol. The third-order valence-corrected chi connectivity index (χ3v) is 2.78. The van der Waals surface area contributed by atoms with Crippen molar-refractivity contribution in [2.75, 3.05) is 25.0 Å². The highest BCUT2D eigenvalue weighted by atomic mass is 19.4. The lowest BCUT2D eigenvalue weighted by molar-refractivity contribution is -0.137. The number of hydrogen-bond donors (Lipinski definition) is 1. The smallest absolute Gasteiger partial charge is 0.361 e. The van der Waals surface area contributed by atoms with E-state index in [0.717, 1.165) is 12.1 Å². The zero-order valence-electron chi connectivity index (χ0n) is 11.1. The fourth-order valence-corrected chi connectivity index (χ4v) is 1.70. The van der Waals surface area contributed by atoms with E-state index in [1.54, 1.807) is 13.0 Å². The van der Waals surface area contributed by atoms with Gasteiger partial charge in [0, 0.05) is 13.6 Å². The van der Waals surface area contributed by atoms with Gasteiger partial charge in [0.25, 0.3) is 0 Å². The highest BCUT2D eigenvalue weighted by Crippen LogP contribution is 2.32. The van der Waals surface area contributed by atoms with Crippen molar-refractivity contribution in [2.24, 2.45) is 0 Å². The van der Waals surface area contributed by atoms with Gasteiger partial charge in [-0.2, -0.15) is 18.4 Å². The molecule has 1 N–H and O–H groups in total. The summed E-state index contributed by atoms with van der Waals surface area (Å²) in [6.07, 6.45) is -4.50. The largest absolute Gasteiger partial charge is 0.416 e. The number of benzene rings is 1. The molecule has 0 bridgehead atoms. The van der Waals surface area contributed by atoms with E-state index in [-0.39, 0.29) is 18.0 Å². The fraction of sp³-hybridized carbons (Fsp3) is 0.385. The summed E-state index contributed by atoms with van der Waals surface area (Å²) < 4.78 is 37.8. The van der Waals surface area contributed by atoms with Crippen LogP contribution in [0.3, 0.4) is 0 Å². The maximum atomic E-state index is 12.6. The van der Waals surface area contributed by atoms with Crippen molar-refractivity contribution >= 4 is 11.6 Å². The molecular weight excluding hydrogens is 271 g/mol. The SMILES string of the molecule is CCN(CC(=O)NC)c1ccc(C(F)(F)F)cc1C#N. The molecule has 0 aliphatic heterocycles. The normalized spacial score (nSPS) is 10.8. The Balaban J connectivity index is 3.18. The number of carbonyl (C=O) groups is 1. The summed E-state index contributed by atoms with van der Waals surface area (Å²) in [4.78, 5) is 12.9. The Morgan fingerprint density at radius 1 is 1.45 bits per heavy atom. The first-order chi connectivity index (χ1) is 9.33. The van der Waals surface area contributed by atoms with E-state index >= 15 is 0 Å². The Morgan fingerprint density at radius 2 is 2.10 bits per heavy atom. The van der Waals surface area contributed by atoms with Crippen LogP contribution in [0.4, 0.5) is 18.9 Å². The van der Waals surface area contributed by atoms with Gasteiger partial charge in [-0.1, -0.05) is 0 Å². The van der Waals surface area contributed by atoms with E-state index in [2.05, 4.69) is 5.32 Å². The van der Waals surface area contributed by atoms with Gasteiger partial charge < -0.3 is 10.2 Å². The van der Waals surface area contributed by atoms with Crippen molar-refractivity contribution in [1.82, 2.24) is 5.32 Å². The van der Waals surface area contributed by atoms with Gasteiger partial charge in [-0.25, -0.2) is 0 Å². The van der Waals surface area contributed by atoms with Crippen LogP contribution < -0.4 is 10.2 Å². The molecular formula is C13H14F3N3O. The van der Waals surface area contributed by atoms with E-state index in [1.807, 2.05) is 0 Å². The Kier molecular flexibility index (Phi) is 4.97. The van der Waals surface area contributed by atoms with Crippen molar-refractivity contribution in [3.63, 3.8) is 0 Å². The van der Waals surface area contributed by atoms with E-state index in [0.29, 0.717) is 12.2 Å². The summed E-state index contributed by atoms with van der Waals surface area (Å²) >= 11 is 0. The molecule has 0 atom stereocenters. The van der Waals surface area contributed by atoms with Gasteiger partial charge in [-0.3, -0.25) is 4.79 Å². The number of nitriles is 1. The summed E-state index contributed by atoms with van der Waals surface area (Å²) in [7, 11) is 1.47. The zero-order chi connectivity index (χ0) is 15.3. The Morgan fingerprint density at radius 3 is 2.55 bits per heavy atom. The van der Waals surface area contributed by atoms with Gasteiger partial charge in [0.15, 0.2) is 0 Å². The number of hydrogen-bond acceptors (Lipinski definition) is 3. The van der Waals surface area contributed by atoms with E-state index in [1.165, 1.54) is 18.0 Å². The summed E-state index contributed by atoms with van der Waals surface area (Å²) in [5, 5.41) is 11.4. The van der Waals surface area contributed by atoms with E-state index in [4.69, 9.17) is 5.26 Å². The molecule has 0 aliphatic rings. The zero-order valence-corrected chi connectivity index (χ0v) is 11.1. The predicted octanol–water partition coefficient (Wildman–Crippen LogP) is 2.15. The van der Waals surface area contributed by atoms with Crippen molar-refractivity contribution < 1.29 is 18.0 Å². The highest BCUT2D eigenvalue weighted by molar-refractivity contribution is 5.81. The highest BCUT2D eigenvalue weighted by Gasteiger charge is 2.31. The minimum Gasteiger partial charge on any atom is -0.361 e. The van der Waals surface area contributed by atoms with Crippen LogP contribution in [0.1, 0.15) is 18.1 Å². The third kappa shape index (κ3) is 3.63. The molecule has 1 amide bonds. The molecule has 0 heterocycles. The number of alkyl halides is 3. The molecule has 0 saturated carbocycles. The molecule has 0 spiro atoms. The van der Waals surface area contributed by atoms with Crippen LogP contribution in [-0.4, -0.2) is 26.0 Å². The van der Waals surface area contributed by atoms with Crippen LogP contribution >= 0.6 is 0 Å². The van der Waals surface area contributed by atoms with Crippen LogP contribution in [0.15, 0.2) is 18.2 Å². The lowest BCUT2D eigenvalue weighted by atomic mass is 10.1. The molecule has 1 aromatic carbocycles. The predicted molar refractivity (Wildman–Crippen MR) is 68.1 cm³/mol. The number of carbonyl (C=O) groups excluding carboxylic acids is 1. The lowest BCUT2D eigenvalue weighted by Gasteiger charge is -2.23. The number of likely N-dealkylation sites (N-methyl/N-ethyl adjacent to an activating group) is 2. The van der Waals surface area contributed by atoms with Gasteiger partial charge in [-0.05, 0) is 25.1 Å². The molecule has 0 unspecified atom stereocenters. The maximum Gasteiger partial charge on any atom is 0.416 e. The number of amides is 1.